The van der Waals surface area contributed by atoms with Crippen LogP contribution in [0.4, 0.5) is 0 Å². The summed E-state index contributed by atoms with van der Waals surface area (Å²) in [6, 6.07) is 15.5. The fourth-order valence-electron chi connectivity index (χ4n) is 3.02. The Morgan fingerprint density at radius 1 is 1.00 bits per heavy atom. The predicted molar refractivity (Wildman–Crippen MR) is 102 cm³/mol. The molecule has 1 N–H and O–H groups in total. The second-order valence-corrected chi connectivity index (χ2v) is 6.39. The fourth-order valence-corrected chi connectivity index (χ4v) is 3.02. The number of hydrogen-bond acceptors (Lipinski definition) is 3. The van der Waals surface area contributed by atoms with Crippen LogP contribution in [0.1, 0.15) is 41.3 Å². The highest BCUT2D eigenvalue weighted by molar-refractivity contribution is 5.98. The molecule has 0 spiro atoms. The second-order valence-electron chi connectivity index (χ2n) is 6.39. The number of esters is 1. The number of ketones is 1. The molecule has 0 aliphatic heterocycles. The van der Waals surface area contributed by atoms with Crippen molar-refractivity contribution in [2.24, 2.45) is 0 Å². The lowest BCUT2D eigenvalue weighted by atomic mass is 10.1. The van der Waals surface area contributed by atoms with Crippen LogP contribution in [0.5, 0.6) is 0 Å². The number of benzene rings is 2. The van der Waals surface area contributed by atoms with Crippen molar-refractivity contribution in [3.8, 4) is 0 Å². The number of carbonyl (C=O) groups is 2. The summed E-state index contributed by atoms with van der Waals surface area (Å²) in [5.41, 5.74) is 3.92. The van der Waals surface area contributed by atoms with Crippen molar-refractivity contribution in [2.75, 3.05) is 6.61 Å². The van der Waals surface area contributed by atoms with E-state index in [1.54, 1.807) is 12.1 Å². The van der Waals surface area contributed by atoms with Gasteiger partial charge in [-0.3, -0.25) is 9.59 Å². The summed E-state index contributed by atoms with van der Waals surface area (Å²) in [5, 5.41) is 1.11. The number of H-pyrrole nitrogens is 1. The van der Waals surface area contributed by atoms with Crippen LogP contribution < -0.4 is 0 Å². The Hall–Kier alpha value is -2.88. The number of aromatic nitrogens is 1. The molecule has 4 nitrogen and oxygen atoms in total. The van der Waals surface area contributed by atoms with Crippen LogP contribution in [0.2, 0.25) is 0 Å². The molecule has 0 fully saturated rings. The van der Waals surface area contributed by atoms with E-state index < -0.39 is 0 Å². The van der Waals surface area contributed by atoms with Gasteiger partial charge in [0.1, 0.15) is 0 Å². The highest BCUT2D eigenvalue weighted by Gasteiger charge is 2.11. The fraction of sp³-hybridized carbons (Fsp3) is 0.273. The van der Waals surface area contributed by atoms with E-state index in [-0.39, 0.29) is 24.8 Å². The van der Waals surface area contributed by atoms with Crippen LogP contribution in [-0.4, -0.2) is 23.3 Å². The molecule has 2 aromatic carbocycles. The van der Waals surface area contributed by atoms with Gasteiger partial charge in [-0.1, -0.05) is 55.8 Å². The lowest BCUT2D eigenvalue weighted by molar-refractivity contribution is -0.142. The van der Waals surface area contributed by atoms with Crippen LogP contribution in [0.25, 0.3) is 10.9 Å². The molecule has 3 aromatic rings. The monoisotopic (exact) mass is 349 g/mol. The molecule has 0 saturated carbocycles. The third-order valence-electron chi connectivity index (χ3n) is 4.45. The topological polar surface area (TPSA) is 59.2 Å². The van der Waals surface area contributed by atoms with Gasteiger partial charge in [-0.05, 0) is 30.0 Å². The van der Waals surface area contributed by atoms with Crippen molar-refractivity contribution in [1.29, 1.82) is 0 Å². The molecule has 0 saturated heterocycles. The van der Waals surface area contributed by atoms with Gasteiger partial charge in [-0.15, -0.1) is 0 Å². The zero-order chi connectivity index (χ0) is 18.4. The van der Waals surface area contributed by atoms with Crippen LogP contribution >= 0.6 is 0 Å². The Labute approximate surface area is 153 Å². The standard InChI is InChI=1S/C22H23NO3/c1-2-5-16-8-10-17(11-9-16)21(24)15-26-22(25)13-12-18-14-23-20-7-4-3-6-19(18)20/h3-4,6-11,14,23H,2,5,12-13,15H2,1H3. The van der Waals surface area contributed by atoms with Gasteiger partial charge in [0.2, 0.25) is 0 Å². The largest absolute Gasteiger partial charge is 0.457 e. The molecule has 1 aromatic heterocycles. The van der Waals surface area contributed by atoms with Crippen molar-refractivity contribution in [3.63, 3.8) is 0 Å². The van der Waals surface area contributed by atoms with Gasteiger partial charge in [-0.25, -0.2) is 0 Å². The van der Waals surface area contributed by atoms with E-state index in [9.17, 15) is 9.59 Å². The third kappa shape index (κ3) is 4.39. The van der Waals surface area contributed by atoms with E-state index in [1.165, 1.54) is 5.56 Å². The van der Waals surface area contributed by atoms with E-state index in [2.05, 4.69) is 11.9 Å². The molecular weight excluding hydrogens is 326 g/mol. The van der Waals surface area contributed by atoms with Crippen molar-refractivity contribution >= 4 is 22.7 Å². The number of fused-ring (bicyclic) bond motifs is 1. The summed E-state index contributed by atoms with van der Waals surface area (Å²) >= 11 is 0. The SMILES string of the molecule is CCCc1ccc(C(=O)COC(=O)CCc2c[nH]c3ccccc23)cc1. The van der Waals surface area contributed by atoms with Crippen molar-refractivity contribution < 1.29 is 14.3 Å². The van der Waals surface area contributed by atoms with E-state index in [0.29, 0.717) is 12.0 Å². The van der Waals surface area contributed by atoms with Crippen molar-refractivity contribution in [3.05, 3.63) is 71.4 Å². The predicted octanol–water partition coefficient (Wildman–Crippen LogP) is 4.48. The maximum absolute atomic E-state index is 12.1. The average Bonchev–Trinajstić information content (AvgIpc) is 3.08. The Balaban J connectivity index is 1.48. The summed E-state index contributed by atoms with van der Waals surface area (Å²) < 4.78 is 5.15. The minimum atomic E-state index is -0.355. The lowest BCUT2D eigenvalue weighted by Crippen LogP contribution is -2.14. The Bertz CT molecular complexity index is 893. The maximum Gasteiger partial charge on any atom is 0.306 e. The zero-order valence-electron chi connectivity index (χ0n) is 15.0. The second kappa shape index (κ2) is 8.48. The molecule has 0 aliphatic rings. The Morgan fingerprint density at radius 2 is 1.77 bits per heavy atom. The van der Waals surface area contributed by atoms with E-state index in [4.69, 9.17) is 4.74 Å². The Kier molecular flexibility index (Phi) is 5.84. The molecule has 0 bridgehead atoms. The molecule has 26 heavy (non-hydrogen) atoms. The maximum atomic E-state index is 12.1. The first-order valence-electron chi connectivity index (χ1n) is 9.00. The van der Waals surface area contributed by atoms with Crippen molar-refractivity contribution in [1.82, 2.24) is 4.98 Å². The quantitative estimate of drug-likeness (QED) is 0.482. The van der Waals surface area contributed by atoms with Crippen LogP contribution in [-0.2, 0) is 22.4 Å². The molecule has 0 atom stereocenters. The van der Waals surface area contributed by atoms with Gasteiger partial charge in [0.25, 0.3) is 0 Å². The molecule has 3 rings (SSSR count). The number of rotatable bonds is 8. The number of hydrogen-bond donors (Lipinski definition) is 1. The van der Waals surface area contributed by atoms with Gasteiger partial charge in [0.15, 0.2) is 12.4 Å². The highest BCUT2D eigenvalue weighted by atomic mass is 16.5. The summed E-state index contributed by atoms with van der Waals surface area (Å²) in [4.78, 5) is 27.3. The molecule has 4 heteroatoms. The molecule has 1 heterocycles. The van der Waals surface area contributed by atoms with Crippen molar-refractivity contribution in [2.45, 2.75) is 32.6 Å². The number of para-hydroxylation sites is 1. The highest BCUT2D eigenvalue weighted by Crippen LogP contribution is 2.19. The number of ether oxygens (including phenoxy) is 1. The minimum absolute atomic E-state index is 0.173. The number of aryl methyl sites for hydroxylation is 2. The first kappa shape index (κ1) is 17.9. The first-order chi connectivity index (χ1) is 12.7. The molecule has 0 aliphatic carbocycles. The molecule has 0 unspecified atom stereocenters. The van der Waals surface area contributed by atoms with Gasteiger partial charge in [-0.2, -0.15) is 0 Å². The zero-order valence-corrected chi connectivity index (χ0v) is 15.0. The van der Waals surface area contributed by atoms with Crippen LogP contribution in [0, 0.1) is 0 Å². The first-order valence-corrected chi connectivity index (χ1v) is 9.00. The van der Waals surface area contributed by atoms with E-state index in [1.807, 2.05) is 42.6 Å². The number of aromatic amines is 1. The van der Waals surface area contributed by atoms with Crippen LogP contribution in [0.3, 0.4) is 0 Å². The summed E-state index contributed by atoms with van der Waals surface area (Å²) in [5.74, 6) is -0.528. The summed E-state index contributed by atoms with van der Waals surface area (Å²) in [6.07, 6.45) is 4.83. The summed E-state index contributed by atoms with van der Waals surface area (Å²) in [6.45, 7) is 1.91. The summed E-state index contributed by atoms with van der Waals surface area (Å²) in [7, 11) is 0. The average molecular weight is 349 g/mol. The minimum Gasteiger partial charge on any atom is -0.457 e. The van der Waals surface area contributed by atoms with Gasteiger partial charge < -0.3 is 9.72 Å². The normalized spacial score (nSPS) is 10.8. The van der Waals surface area contributed by atoms with E-state index >= 15 is 0 Å². The van der Waals surface area contributed by atoms with Gasteiger partial charge in [0.05, 0.1) is 0 Å². The third-order valence-corrected chi connectivity index (χ3v) is 4.45. The molecular formula is C22H23NO3. The Morgan fingerprint density at radius 3 is 2.54 bits per heavy atom. The smallest absolute Gasteiger partial charge is 0.306 e. The van der Waals surface area contributed by atoms with Gasteiger partial charge >= 0.3 is 5.97 Å². The van der Waals surface area contributed by atoms with Gasteiger partial charge in [0, 0.05) is 29.1 Å². The molecule has 134 valence electrons. The van der Waals surface area contributed by atoms with Crippen LogP contribution in [0.15, 0.2) is 54.7 Å². The number of Topliss-reactive ketones (excluding diaryl/α,β-unsaturated/α-hetero) is 1. The lowest BCUT2D eigenvalue weighted by Gasteiger charge is -2.05. The number of nitrogens with one attached hydrogen (secondary N) is 1. The molecule has 0 radical (unpaired) electrons. The molecule has 0 amide bonds. The van der Waals surface area contributed by atoms with E-state index in [0.717, 1.165) is 29.3 Å². The number of carbonyl (C=O) groups excluding carboxylic acids is 2.